The molecule has 7 nitrogen and oxygen atoms in total. The largest absolute Gasteiger partial charge is 0.452 e. The van der Waals surface area contributed by atoms with Crippen LogP contribution in [0, 0.1) is 0 Å². The van der Waals surface area contributed by atoms with Crippen LogP contribution in [0.5, 0.6) is 0 Å². The molecule has 5 rings (SSSR count). The summed E-state index contributed by atoms with van der Waals surface area (Å²) in [5.41, 5.74) is 3.75. The van der Waals surface area contributed by atoms with E-state index in [4.69, 9.17) is 4.74 Å². The number of amides is 1. The summed E-state index contributed by atoms with van der Waals surface area (Å²) >= 11 is 0. The zero-order valence-electron chi connectivity index (χ0n) is 22.8. The Morgan fingerprint density at radius 2 is 1.51 bits per heavy atom. The molecule has 1 aliphatic heterocycles. The van der Waals surface area contributed by atoms with E-state index in [2.05, 4.69) is 0 Å². The molecule has 41 heavy (non-hydrogen) atoms. The zero-order chi connectivity index (χ0) is 28.8. The number of nitrogens with zero attached hydrogens (tertiary/aromatic N) is 2. The number of sulfonamides is 1. The summed E-state index contributed by atoms with van der Waals surface area (Å²) in [6.07, 6.45) is 1.27. The molecule has 0 aliphatic carbocycles. The van der Waals surface area contributed by atoms with Crippen molar-refractivity contribution in [3.63, 3.8) is 0 Å². The van der Waals surface area contributed by atoms with Gasteiger partial charge in [-0.3, -0.25) is 9.10 Å². The SMILES string of the molecule is C[C@@H]1Cc2ccccc2N1S(=O)(=O)c1cccc(C(=O)OCC(=O)N(CCc2ccccc2)Cc2ccccc2)c1. The summed E-state index contributed by atoms with van der Waals surface area (Å²) in [6.45, 7) is 2.25. The molecule has 0 saturated carbocycles. The van der Waals surface area contributed by atoms with Crippen molar-refractivity contribution < 1.29 is 22.7 Å². The molecule has 8 heteroatoms. The van der Waals surface area contributed by atoms with Crippen LogP contribution in [-0.2, 0) is 38.9 Å². The van der Waals surface area contributed by atoms with Gasteiger partial charge in [-0.1, -0.05) is 84.9 Å². The molecule has 0 N–H and O–H groups in total. The smallest absolute Gasteiger partial charge is 0.338 e. The van der Waals surface area contributed by atoms with Crippen LogP contribution in [0.2, 0.25) is 0 Å². The van der Waals surface area contributed by atoms with Gasteiger partial charge in [-0.2, -0.15) is 0 Å². The Labute approximate surface area is 241 Å². The number of ether oxygens (including phenoxy) is 1. The first-order valence-electron chi connectivity index (χ1n) is 13.6. The normalized spacial score (nSPS) is 14.4. The maximum Gasteiger partial charge on any atom is 0.338 e. The number of hydrogen-bond acceptors (Lipinski definition) is 5. The van der Waals surface area contributed by atoms with Crippen molar-refractivity contribution in [3.05, 3.63) is 131 Å². The first-order chi connectivity index (χ1) is 19.8. The van der Waals surface area contributed by atoms with Crippen molar-refractivity contribution in [2.24, 2.45) is 0 Å². The van der Waals surface area contributed by atoms with Crippen LogP contribution >= 0.6 is 0 Å². The number of carbonyl (C=O) groups excluding carboxylic acids is 2. The van der Waals surface area contributed by atoms with E-state index in [1.54, 1.807) is 11.0 Å². The van der Waals surface area contributed by atoms with E-state index in [9.17, 15) is 18.0 Å². The molecule has 0 bridgehead atoms. The lowest BCUT2D eigenvalue weighted by molar-refractivity contribution is -0.135. The molecule has 4 aromatic carbocycles. The van der Waals surface area contributed by atoms with E-state index in [1.165, 1.54) is 28.6 Å². The molecule has 1 amide bonds. The molecule has 0 radical (unpaired) electrons. The van der Waals surface area contributed by atoms with Crippen molar-refractivity contribution >= 4 is 27.6 Å². The van der Waals surface area contributed by atoms with Gasteiger partial charge in [-0.15, -0.1) is 0 Å². The fraction of sp³-hybridized carbons (Fsp3) is 0.212. The number of benzene rings is 4. The molecular weight excluding hydrogens is 536 g/mol. The second kappa shape index (κ2) is 12.4. The van der Waals surface area contributed by atoms with Crippen LogP contribution in [0.1, 0.15) is 34.0 Å². The predicted octanol–water partition coefficient (Wildman–Crippen LogP) is 5.25. The minimum atomic E-state index is -3.92. The van der Waals surface area contributed by atoms with Gasteiger partial charge in [0.25, 0.3) is 15.9 Å². The highest BCUT2D eigenvalue weighted by Crippen LogP contribution is 2.36. The second-order valence-electron chi connectivity index (χ2n) is 10.1. The van der Waals surface area contributed by atoms with Crippen molar-refractivity contribution in [1.29, 1.82) is 0 Å². The third-order valence-corrected chi connectivity index (χ3v) is 9.10. The number of carbonyl (C=O) groups is 2. The third kappa shape index (κ3) is 6.49. The van der Waals surface area contributed by atoms with E-state index in [-0.39, 0.29) is 22.4 Å². The Morgan fingerprint density at radius 3 is 2.24 bits per heavy atom. The minimum Gasteiger partial charge on any atom is -0.452 e. The third-order valence-electron chi connectivity index (χ3n) is 7.18. The summed E-state index contributed by atoms with van der Waals surface area (Å²) in [4.78, 5) is 27.8. The van der Waals surface area contributed by atoms with E-state index < -0.39 is 22.6 Å². The molecule has 210 valence electrons. The minimum absolute atomic E-state index is 0.00426. The van der Waals surface area contributed by atoms with Gasteiger partial charge in [0.05, 0.1) is 16.1 Å². The molecule has 1 aliphatic rings. The predicted molar refractivity (Wildman–Crippen MR) is 158 cm³/mol. The monoisotopic (exact) mass is 568 g/mol. The van der Waals surface area contributed by atoms with Crippen molar-refractivity contribution in [2.75, 3.05) is 17.5 Å². The van der Waals surface area contributed by atoms with Crippen LogP contribution in [0.3, 0.4) is 0 Å². The lowest BCUT2D eigenvalue weighted by atomic mass is 10.1. The highest BCUT2D eigenvalue weighted by atomic mass is 32.2. The molecule has 0 spiro atoms. The maximum absolute atomic E-state index is 13.6. The number of esters is 1. The van der Waals surface area contributed by atoms with Crippen LogP contribution in [-0.4, -0.2) is 44.4 Å². The molecule has 0 aromatic heterocycles. The Morgan fingerprint density at radius 1 is 0.854 bits per heavy atom. The van der Waals surface area contributed by atoms with Gasteiger partial charge < -0.3 is 9.64 Å². The van der Waals surface area contributed by atoms with Gasteiger partial charge >= 0.3 is 5.97 Å². The van der Waals surface area contributed by atoms with Crippen LogP contribution in [0.4, 0.5) is 5.69 Å². The Bertz CT molecular complexity index is 1620. The summed E-state index contributed by atoms with van der Waals surface area (Å²) in [5.74, 6) is -1.09. The van der Waals surface area contributed by atoms with Gasteiger partial charge in [0.1, 0.15) is 0 Å². The summed E-state index contributed by atoms with van der Waals surface area (Å²) < 4.78 is 34.0. The van der Waals surface area contributed by atoms with E-state index >= 15 is 0 Å². The lowest BCUT2D eigenvalue weighted by Gasteiger charge is -2.24. The van der Waals surface area contributed by atoms with Crippen molar-refractivity contribution in [1.82, 2.24) is 4.90 Å². The van der Waals surface area contributed by atoms with E-state index in [0.717, 1.165) is 16.7 Å². The molecule has 4 aromatic rings. The first kappa shape index (κ1) is 28.1. The van der Waals surface area contributed by atoms with Gasteiger partial charge in [0, 0.05) is 19.1 Å². The Balaban J connectivity index is 1.28. The quantitative estimate of drug-likeness (QED) is 0.244. The van der Waals surface area contributed by atoms with Crippen LogP contribution < -0.4 is 4.31 Å². The highest BCUT2D eigenvalue weighted by Gasteiger charge is 2.36. The number of anilines is 1. The first-order valence-corrected chi connectivity index (χ1v) is 15.0. The number of rotatable bonds is 10. The molecule has 1 heterocycles. The fourth-order valence-corrected chi connectivity index (χ4v) is 6.85. The average molecular weight is 569 g/mol. The number of fused-ring (bicyclic) bond motifs is 1. The Hall–Kier alpha value is -4.43. The van der Waals surface area contributed by atoms with Crippen molar-refractivity contribution in [2.45, 2.75) is 37.2 Å². The molecular formula is C33H32N2O5S. The maximum atomic E-state index is 13.6. The molecule has 0 unspecified atom stereocenters. The van der Waals surface area contributed by atoms with Gasteiger partial charge in [0.15, 0.2) is 6.61 Å². The highest BCUT2D eigenvalue weighted by molar-refractivity contribution is 7.92. The zero-order valence-corrected chi connectivity index (χ0v) is 23.7. The fourth-order valence-electron chi connectivity index (χ4n) is 5.11. The van der Waals surface area contributed by atoms with E-state index in [0.29, 0.717) is 31.6 Å². The lowest BCUT2D eigenvalue weighted by Crippen LogP contribution is -2.36. The summed E-state index contributed by atoms with van der Waals surface area (Å²) in [6, 6.07) is 32.5. The second-order valence-corrected chi connectivity index (χ2v) is 11.9. The van der Waals surface area contributed by atoms with Crippen molar-refractivity contribution in [3.8, 4) is 0 Å². The Kier molecular flexibility index (Phi) is 8.50. The van der Waals surface area contributed by atoms with Gasteiger partial charge in [-0.05, 0) is 60.7 Å². The topological polar surface area (TPSA) is 84.0 Å². The number of hydrogen-bond donors (Lipinski definition) is 0. The number of para-hydroxylation sites is 1. The average Bonchev–Trinajstić information content (AvgIpc) is 3.35. The summed E-state index contributed by atoms with van der Waals surface area (Å²) in [7, 11) is -3.92. The summed E-state index contributed by atoms with van der Waals surface area (Å²) in [5, 5.41) is 0. The van der Waals surface area contributed by atoms with Gasteiger partial charge in [0.2, 0.25) is 0 Å². The molecule has 1 atom stereocenters. The van der Waals surface area contributed by atoms with Gasteiger partial charge in [-0.25, -0.2) is 13.2 Å². The van der Waals surface area contributed by atoms with Crippen LogP contribution in [0.25, 0.3) is 0 Å². The van der Waals surface area contributed by atoms with E-state index in [1.807, 2.05) is 85.8 Å². The molecule has 0 saturated heterocycles. The van der Waals surface area contributed by atoms with Crippen LogP contribution in [0.15, 0.2) is 114 Å². The standard InChI is InChI=1S/C33H32N2O5S/c1-25-21-28-15-8-9-18-31(28)35(25)41(38,39)30-17-10-16-29(22-30)33(37)40-24-32(36)34(23-27-13-6-3-7-14-27)20-19-26-11-4-2-5-12-26/h2-18,22,25H,19-21,23-24H2,1H3/t25-/m1/s1. The molecule has 0 fully saturated rings.